The molecule has 0 fully saturated rings. The Hall–Kier alpha value is -3.90. The molecule has 0 spiro atoms. The summed E-state index contributed by atoms with van der Waals surface area (Å²) in [5, 5.41) is 12.6. The van der Waals surface area contributed by atoms with Gasteiger partial charge in [-0.05, 0) is 20.8 Å². The normalized spacial score (nSPS) is 12.8. The van der Waals surface area contributed by atoms with Gasteiger partial charge in [0.15, 0.2) is 0 Å². The summed E-state index contributed by atoms with van der Waals surface area (Å²) >= 11 is 0. The zero-order valence-corrected chi connectivity index (χ0v) is 29.9. The number of carbonyl (C=O) groups is 3. The van der Waals surface area contributed by atoms with Gasteiger partial charge in [0.25, 0.3) is 0 Å². The molecule has 3 amide bonds. The topological polar surface area (TPSA) is 106 Å². The molecule has 256 valence electrons. The van der Waals surface area contributed by atoms with Crippen LogP contribution in [-0.4, -0.2) is 54.6 Å². The van der Waals surface area contributed by atoms with Gasteiger partial charge in [-0.15, -0.1) is 0 Å². The van der Waals surface area contributed by atoms with Crippen molar-refractivity contribution in [3.8, 4) is 0 Å². The molecular formula is C38H54N3O5P. The molecular weight excluding hydrogens is 609 g/mol. The first-order valence-electron chi connectivity index (χ1n) is 16.7. The maximum atomic E-state index is 13.3. The van der Waals surface area contributed by atoms with Crippen molar-refractivity contribution < 1.29 is 23.9 Å². The first-order chi connectivity index (χ1) is 22.3. The Morgan fingerprint density at radius 2 is 1.02 bits per heavy atom. The van der Waals surface area contributed by atoms with E-state index >= 15 is 0 Å². The molecule has 47 heavy (non-hydrogen) atoms. The van der Waals surface area contributed by atoms with E-state index in [2.05, 4.69) is 107 Å². The molecule has 0 aliphatic heterocycles. The van der Waals surface area contributed by atoms with E-state index in [0.29, 0.717) is 32.4 Å². The fourth-order valence-corrected chi connectivity index (χ4v) is 10.6. The van der Waals surface area contributed by atoms with Crippen molar-refractivity contribution in [1.29, 1.82) is 0 Å². The number of carbonyl (C=O) groups excluding carboxylic acids is 3. The molecule has 0 aliphatic carbocycles. The second-order valence-electron chi connectivity index (χ2n) is 13.9. The second kappa shape index (κ2) is 17.9. The second-order valence-corrected chi connectivity index (χ2v) is 17.9. The van der Waals surface area contributed by atoms with Crippen LogP contribution in [0.3, 0.4) is 0 Å². The van der Waals surface area contributed by atoms with Crippen LogP contribution in [0.15, 0.2) is 91.0 Å². The summed E-state index contributed by atoms with van der Waals surface area (Å²) in [4.78, 5) is 37.9. The molecule has 1 unspecified atom stereocenters. The minimum atomic E-state index is -2.34. The monoisotopic (exact) mass is 663 g/mol. The van der Waals surface area contributed by atoms with Gasteiger partial charge in [-0.2, -0.15) is 0 Å². The molecule has 0 bridgehead atoms. The van der Waals surface area contributed by atoms with Crippen LogP contribution in [0, 0.1) is 0 Å². The number of nitrogens with one attached hydrogen (secondary N) is 3. The Morgan fingerprint density at radius 1 is 0.596 bits per heavy atom. The number of rotatable bonds is 15. The van der Waals surface area contributed by atoms with E-state index in [1.165, 1.54) is 15.9 Å². The van der Waals surface area contributed by atoms with Crippen molar-refractivity contribution in [3.05, 3.63) is 91.0 Å². The molecule has 3 rings (SSSR count). The van der Waals surface area contributed by atoms with Crippen LogP contribution in [0.4, 0.5) is 9.59 Å². The van der Waals surface area contributed by atoms with Crippen molar-refractivity contribution in [2.45, 2.75) is 90.9 Å². The van der Waals surface area contributed by atoms with E-state index in [4.69, 9.17) is 9.47 Å². The van der Waals surface area contributed by atoms with Gasteiger partial charge in [0.1, 0.15) is 5.60 Å². The van der Waals surface area contributed by atoms with Crippen LogP contribution >= 0.6 is 7.26 Å². The van der Waals surface area contributed by atoms with Gasteiger partial charge < -0.3 is 4.74 Å². The van der Waals surface area contributed by atoms with Crippen LogP contribution in [0.2, 0.25) is 0 Å². The molecule has 1 atom stereocenters. The van der Waals surface area contributed by atoms with E-state index in [0.717, 1.165) is 19.0 Å². The van der Waals surface area contributed by atoms with Crippen LogP contribution < -0.4 is 31.9 Å². The number of alkyl carbamates (subject to hydrolysis) is 2. The van der Waals surface area contributed by atoms with Crippen molar-refractivity contribution in [1.82, 2.24) is 16.0 Å². The van der Waals surface area contributed by atoms with Gasteiger partial charge in [0.05, 0.1) is 0 Å². The van der Waals surface area contributed by atoms with Crippen molar-refractivity contribution >= 4 is 41.3 Å². The van der Waals surface area contributed by atoms with Crippen molar-refractivity contribution in [2.75, 3.05) is 19.3 Å². The summed E-state index contributed by atoms with van der Waals surface area (Å²) in [7, 11) is -2.34. The number of benzene rings is 3. The molecule has 9 heteroatoms. The van der Waals surface area contributed by atoms with Gasteiger partial charge in [0.2, 0.25) is 0 Å². The van der Waals surface area contributed by atoms with Gasteiger partial charge in [0, 0.05) is 0 Å². The average molecular weight is 664 g/mol. The molecule has 0 aliphatic rings. The van der Waals surface area contributed by atoms with Gasteiger partial charge in [-0.3, -0.25) is 0 Å². The predicted octanol–water partition coefficient (Wildman–Crippen LogP) is 6.20. The molecule has 0 aromatic heterocycles. The standard InChI is InChI=1S/C38H54N3O5P/c1-37(2,3)45-35(43)40-28-17-16-26-33(41-36(44)46-38(4,5)6)34(42)39-27-18-19-29-47(30-20-10-7-11-21-30,31-22-12-8-13-23-31)32-24-14-9-15-25-32/h7-15,20-25,33,47H,16-19,26-29H2,1-6H3,(H,39,42)(H,40,43)(H,41,44). The fourth-order valence-electron chi connectivity index (χ4n) is 5.65. The molecule has 8 nitrogen and oxygen atoms in total. The Balaban J connectivity index is 1.63. The first-order valence-corrected chi connectivity index (χ1v) is 18.9. The Labute approximate surface area is 281 Å². The molecule has 0 saturated heterocycles. The molecule has 3 N–H and O–H groups in total. The number of amides is 3. The summed E-state index contributed by atoms with van der Waals surface area (Å²) in [5.74, 6) is -0.242. The number of hydrogen-bond acceptors (Lipinski definition) is 5. The zero-order valence-electron chi connectivity index (χ0n) is 28.9. The SMILES string of the molecule is CC(C)(C)OC(=O)NCCCCC(NC(=O)OC(C)(C)C)C(=O)NCCCC[PH](c1ccccc1)(c1ccccc1)c1ccccc1. The third-order valence-corrected chi connectivity index (χ3v) is 12.7. The molecule has 3 aromatic rings. The Kier molecular flexibility index (Phi) is 14.3. The summed E-state index contributed by atoms with van der Waals surface area (Å²) in [6.07, 6.45) is 3.26. The summed E-state index contributed by atoms with van der Waals surface area (Å²) in [6, 6.07) is 31.7. The molecule has 0 heterocycles. The molecule has 0 radical (unpaired) electrons. The summed E-state index contributed by atoms with van der Waals surface area (Å²) in [6.45, 7) is 11.7. The van der Waals surface area contributed by atoms with Gasteiger partial charge in [-0.25, -0.2) is 4.79 Å². The van der Waals surface area contributed by atoms with Crippen LogP contribution in [0.25, 0.3) is 0 Å². The Bertz CT molecular complexity index is 1290. The summed E-state index contributed by atoms with van der Waals surface area (Å²) < 4.78 is 10.7. The fraction of sp³-hybridized carbons (Fsp3) is 0.447. The number of hydrogen-bond donors (Lipinski definition) is 3. The third kappa shape index (κ3) is 12.7. The van der Waals surface area contributed by atoms with E-state index in [-0.39, 0.29) is 5.91 Å². The van der Waals surface area contributed by atoms with Crippen molar-refractivity contribution in [2.24, 2.45) is 0 Å². The van der Waals surface area contributed by atoms with E-state index in [9.17, 15) is 14.4 Å². The zero-order chi connectivity index (χ0) is 34.3. The summed E-state index contributed by atoms with van der Waals surface area (Å²) in [5.41, 5.74) is -1.26. The van der Waals surface area contributed by atoms with Crippen LogP contribution in [-0.2, 0) is 14.3 Å². The third-order valence-electron chi connectivity index (χ3n) is 7.67. The number of ether oxygens (including phenoxy) is 2. The van der Waals surface area contributed by atoms with Gasteiger partial charge >= 0.3 is 246 Å². The van der Waals surface area contributed by atoms with E-state index in [1.807, 2.05) is 20.8 Å². The average Bonchev–Trinajstić information content (AvgIpc) is 3.01. The minimum absolute atomic E-state index is 0.242. The van der Waals surface area contributed by atoms with Crippen LogP contribution in [0.5, 0.6) is 0 Å². The van der Waals surface area contributed by atoms with Crippen molar-refractivity contribution in [3.63, 3.8) is 0 Å². The molecule has 3 aromatic carbocycles. The Morgan fingerprint density at radius 3 is 1.49 bits per heavy atom. The number of unbranched alkanes of at least 4 members (excludes halogenated alkanes) is 2. The van der Waals surface area contributed by atoms with Crippen LogP contribution in [0.1, 0.15) is 73.6 Å². The maximum absolute atomic E-state index is 13.3. The van der Waals surface area contributed by atoms with Gasteiger partial charge in [-0.1, -0.05) is 0 Å². The molecule has 0 saturated carbocycles. The first kappa shape index (κ1) is 37.6. The predicted molar refractivity (Wildman–Crippen MR) is 195 cm³/mol. The van der Waals surface area contributed by atoms with E-state index < -0.39 is 36.7 Å². The quantitative estimate of drug-likeness (QED) is 0.133. The van der Waals surface area contributed by atoms with E-state index in [1.54, 1.807) is 20.8 Å².